The number of benzene rings is 2. The molecule has 2 heterocycles. The van der Waals surface area contributed by atoms with Gasteiger partial charge in [0.1, 0.15) is 6.61 Å². The summed E-state index contributed by atoms with van der Waals surface area (Å²) >= 11 is 0. The van der Waals surface area contributed by atoms with E-state index < -0.39 is 0 Å². The smallest absolute Gasteiger partial charge is 0.161 e. The van der Waals surface area contributed by atoms with Crippen molar-refractivity contribution in [3.8, 4) is 11.5 Å². The monoisotopic (exact) mass is 417 g/mol. The molecule has 0 bridgehead atoms. The first-order chi connectivity index (χ1) is 15.3. The molecule has 0 aliphatic carbocycles. The highest BCUT2D eigenvalue weighted by atomic mass is 16.5. The topological polar surface area (TPSA) is 46.6 Å². The van der Waals surface area contributed by atoms with E-state index in [2.05, 4.69) is 45.5 Å². The highest BCUT2D eigenvalue weighted by molar-refractivity contribution is 5.43. The van der Waals surface area contributed by atoms with E-state index in [1.807, 2.05) is 49.6 Å². The maximum absolute atomic E-state index is 6.04. The summed E-state index contributed by atoms with van der Waals surface area (Å²) in [4.78, 5) is 6.70. The number of piperidine rings is 1. The summed E-state index contributed by atoms with van der Waals surface area (Å²) in [6, 6.07) is 21.1. The molecule has 0 saturated carbocycles. The molecular weight excluding hydrogens is 386 g/mol. The summed E-state index contributed by atoms with van der Waals surface area (Å²) in [5.41, 5.74) is 3.51. The second-order valence-corrected chi connectivity index (χ2v) is 7.92. The molecule has 1 aliphatic heterocycles. The predicted octanol–water partition coefficient (Wildman–Crippen LogP) is 5.14. The van der Waals surface area contributed by atoms with Crippen molar-refractivity contribution in [2.75, 3.05) is 25.0 Å². The van der Waals surface area contributed by atoms with Gasteiger partial charge >= 0.3 is 0 Å². The van der Waals surface area contributed by atoms with Gasteiger partial charge in [-0.05, 0) is 55.2 Å². The summed E-state index contributed by atoms with van der Waals surface area (Å²) in [7, 11) is 0. The number of rotatable bonds is 9. The fourth-order valence-corrected chi connectivity index (χ4v) is 3.95. The number of nitrogens with zero attached hydrogens (tertiary/aromatic N) is 2. The van der Waals surface area contributed by atoms with Gasteiger partial charge in [0.25, 0.3) is 0 Å². The molecule has 1 N–H and O–H groups in total. The normalized spacial score (nSPS) is 14.9. The van der Waals surface area contributed by atoms with Gasteiger partial charge in [-0.15, -0.1) is 0 Å². The first-order valence-electron chi connectivity index (χ1n) is 11.1. The number of pyridine rings is 1. The molecule has 0 atom stereocenters. The van der Waals surface area contributed by atoms with E-state index in [0.29, 0.717) is 19.3 Å². The summed E-state index contributed by atoms with van der Waals surface area (Å²) < 4.78 is 11.9. The lowest BCUT2D eigenvalue weighted by atomic mass is 10.0. The third kappa shape index (κ3) is 6.22. The molecule has 2 aromatic carbocycles. The molecule has 1 aliphatic rings. The van der Waals surface area contributed by atoms with Crippen LogP contribution in [0.15, 0.2) is 73.1 Å². The highest BCUT2D eigenvalue weighted by Gasteiger charge is 2.19. The fourth-order valence-electron chi connectivity index (χ4n) is 3.95. The third-order valence-electron chi connectivity index (χ3n) is 5.57. The minimum absolute atomic E-state index is 0.508. The fraction of sp³-hybridized carbons (Fsp3) is 0.346. The van der Waals surface area contributed by atoms with E-state index in [4.69, 9.17) is 9.47 Å². The molecule has 162 valence electrons. The largest absolute Gasteiger partial charge is 0.490 e. The van der Waals surface area contributed by atoms with Crippen LogP contribution in [0.3, 0.4) is 0 Å². The number of ether oxygens (including phenoxy) is 2. The maximum Gasteiger partial charge on any atom is 0.161 e. The van der Waals surface area contributed by atoms with Crippen LogP contribution < -0.4 is 14.8 Å². The maximum atomic E-state index is 6.04. The molecule has 5 heteroatoms. The lowest BCUT2D eigenvalue weighted by Crippen LogP contribution is -2.38. The molecule has 31 heavy (non-hydrogen) atoms. The van der Waals surface area contributed by atoms with Gasteiger partial charge in [0, 0.05) is 38.1 Å². The quantitative estimate of drug-likeness (QED) is 0.523. The number of aromatic nitrogens is 1. The van der Waals surface area contributed by atoms with Crippen LogP contribution in [-0.2, 0) is 13.2 Å². The Kier molecular flexibility index (Phi) is 7.40. The second kappa shape index (κ2) is 10.8. The Hall–Kier alpha value is -3.05. The molecule has 4 rings (SSSR count). The molecule has 0 spiro atoms. The van der Waals surface area contributed by atoms with Crippen LogP contribution in [-0.4, -0.2) is 35.6 Å². The van der Waals surface area contributed by atoms with E-state index >= 15 is 0 Å². The average molecular weight is 418 g/mol. The number of hydrogen-bond acceptors (Lipinski definition) is 5. The lowest BCUT2D eigenvalue weighted by Gasteiger charge is -2.33. The molecule has 1 aromatic heterocycles. The Morgan fingerprint density at radius 1 is 0.935 bits per heavy atom. The van der Waals surface area contributed by atoms with Gasteiger partial charge in [0.05, 0.1) is 12.3 Å². The zero-order valence-electron chi connectivity index (χ0n) is 18.2. The van der Waals surface area contributed by atoms with Crippen LogP contribution in [0.25, 0.3) is 0 Å². The lowest BCUT2D eigenvalue weighted by molar-refractivity contribution is 0.210. The zero-order chi connectivity index (χ0) is 21.3. The van der Waals surface area contributed by atoms with Gasteiger partial charge in [-0.3, -0.25) is 9.88 Å². The summed E-state index contributed by atoms with van der Waals surface area (Å²) in [5.74, 6) is 1.62. The van der Waals surface area contributed by atoms with E-state index in [1.165, 1.54) is 5.56 Å². The minimum Gasteiger partial charge on any atom is -0.490 e. The molecule has 0 unspecified atom stereocenters. The number of hydrogen-bond donors (Lipinski definition) is 1. The molecule has 5 nitrogen and oxygen atoms in total. The van der Waals surface area contributed by atoms with Crippen LogP contribution in [0.1, 0.15) is 30.9 Å². The third-order valence-corrected chi connectivity index (χ3v) is 5.57. The van der Waals surface area contributed by atoms with Crippen molar-refractivity contribution in [3.63, 3.8) is 0 Å². The van der Waals surface area contributed by atoms with Crippen LogP contribution >= 0.6 is 0 Å². The van der Waals surface area contributed by atoms with Gasteiger partial charge in [0.2, 0.25) is 0 Å². The number of likely N-dealkylation sites (tertiary alicyclic amines) is 1. The van der Waals surface area contributed by atoms with Crippen molar-refractivity contribution in [2.24, 2.45) is 0 Å². The molecule has 0 radical (unpaired) electrons. The summed E-state index contributed by atoms with van der Waals surface area (Å²) in [6.45, 7) is 6.25. The summed E-state index contributed by atoms with van der Waals surface area (Å²) in [6.07, 6.45) is 5.96. The highest BCUT2D eigenvalue weighted by Crippen LogP contribution is 2.30. The van der Waals surface area contributed by atoms with E-state index in [9.17, 15) is 0 Å². The molecule has 1 fully saturated rings. The van der Waals surface area contributed by atoms with Gasteiger partial charge in [-0.2, -0.15) is 0 Å². The van der Waals surface area contributed by atoms with Gasteiger partial charge in [0.15, 0.2) is 11.5 Å². The Bertz CT molecular complexity index is 926. The molecule has 1 saturated heterocycles. The molecular formula is C26H31N3O2. The van der Waals surface area contributed by atoms with Crippen LogP contribution in [0.2, 0.25) is 0 Å². The van der Waals surface area contributed by atoms with E-state index in [1.54, 1.807) is 0 Å². The van der Waals surface area contributed by atoms with Crippen LogP contribution in [0.5, 0.6) is 11.5 Å². The minimum atomic E-state index is 0.508. The molecule has 0 amide bonds. The zero-order valence-corrected chi connectivity index (χ0v) is 18.2. The Labute approximate surface area is 185 Å². The first kappa shape index (κ1) is 21.2. The van der Waals surface area contributed by atoms with Gasteiger partial charge in [-0.25, -0.2) is 0 Å². The van der Waals surface area contributed by atoms with Crippen molar-refractivity contribution in [1.82, 2.24) is 9.88 Å². The van der Waals surface area contributed by atoms with Crippen molar-refractivity contribution in [1.29, 1.82) is 0 Å². The second-order valence-electron chi connectivity index (χ2n) is 7.92. The summed E-state index contributed by atoms with van der Waals surface area (Å²) in [5, 5.41) is 3.60. The predicted molar refractivity (Wildman–Crippen MR) is 125 cm³/mol. The van der Waals surface area contributed by atoms with Gasteiger partial charge < -0.3 is 14.8 Å². The van der Waals surface area contributed by atoms with Crippen molar-refractivity contribution in [3.05, 3.63) is 84.2 Å². The van der Waals surface area contributed by atoms with Crippen LogP contribution in [0.4, 0.5) is 5.69 Å². The number of nitrogens with one attached hydrogen (secondary N) is 1. The standard InChI is InChI=1S/C26H31N3O2/c1-2-30-26-17-22(10-11-25(26)31-20-21-7-4-3-5-8-21)19-29-15-12-23(13-16-29)28-24-9-6-14-27-18-24/h3-11,14,17-18,23,28H,2,12-13,15-16,19-20H2,1H3. The number of anilines is 1. The van der Waals surface area contributed by atoms with E-state index in [0.717, 1.165) is 55.2 Å². The van der Waals surface area contributed by atoms with Crippen LogP contribution in [0, 0.1) is 0 Å². The average Bonchev–Trinajstić information content (AvgIpc) is 2.81. The van der Waals surface area contributed by atoms with Gasteiger partial charge in [-0.1, -0.05) is 36.4 Å². The van der Waals surface area contributed by atoms with Crippen molar-refractivity contribution < 1.29 is 9.47 Å². The first-order valence-corrected chi connectivity index (χ1v) is 11.1. The van der Waals surface area contributed by atoms with Crippen molar-refractivity contribution in [2.45, 2.75) is 39.0 Å². The SMILES string of the molecule is CCOc1cc(CN2CCC(Nc3cccnc3)CC2)ccc1OCc1ccccc1. The van der Waals surface area contributed by atoms with Crippen molar-refractivity contribution >= 4 is 5.69 Å². The Balaban J connectivity index is 1.31. The van der Waals surface area contributed by atoms with E-state index in [-0.39, 0.29) is 0 Å². The Morgan fingerprint density at radius 3 is 2.52 bits per heavy atom. The Morgan fingerprint density at radius 2 is 1.77 bits per heavy atom. The molecule has 3 aromatic rings.